The van der Waals surface area contributed by atoms with Crippen LogP contribution in [0.4, 0.5) is 0 Å². The molecular formula is C9H17HfI3. The SMILES string of the molecule is CCC[CH2][Hf][C]1=CC=CC1.I.I.I. The van der Waals surface area contributed by atoms with Gasteiger partial charge < -0.3 is 0 Å². The Kier molecular flexibility index (Phi) is 23.4. The van der Waals surface area contributed by atoms with Crippen molar-refractivity contribution in [1.29, 1.82) is 0 Å². The molecule has 1 rings (SSSR count). The fourth-order valence-corrected chi connectivity index (χ4v) is 5.77. The topological polar surface area (TPSA) is 0 Å². The predicted octanol–water partition coefficient (Wildman–Crippen LogP) is 4.99. The number of hydrogen-bond acceptors (Lipinski definition) is 0. The molecule has 0 spiro atoms. The molecule has 0 aromatic carbocycles. The molecular weight excluding hydrogens is 667 g/mol. The van der Waals surface area contributed by atoms with E-state index in [4.69, 9.17) is 0 Å². The minimum absolute atomic E-state index is 0. The van der Waals surface area contributed by atoms with Crippen molar-refractivity contribution >= 4 is 71.9 Å². The third kappa shape index (κ3) is 10.8. The van der Waals surface area contributed by atoms with Crippen LogP contribution in [0.2, 0.25) is 4.18 Å². The van der Waals surface area contributed by atoms with E-state index in [0.29, 0.717) is 0 Å². The Balaban J connectivity index is -0.000000333. The summed E-state index contributed by atoms with van der Waals surface area (Å²) in [6, 6.07) is 0. The molecule has 78 valence electrons. The zero-order chi connectivity index (χ0) is 7.23. The molecule has 0 aromatic rings. The van der Waals surface area contributed by atoms with Crippen LogP contribution < -0.4 is 0 Å². The molecule has 0 N–H and O–H groups in total. The van der Waals surface area contributed by atoms with E-state index in [1.165, 1.54) is 19.3 Å². The molecule has 0 bridgehead atoms. The van der Waals surface area contributed by atoms with Crippen molar-refractivity contribution in [3.8, 4) is 0 Å². The summed E-state index contributed by atoms with van der Waals surface area (Å²) in [5.74, 6) is 0. The second kappa shape index (κ2) is 14.5. The fraction of sp³-hybridized carbons (Fsp3) is 0.556. The minimum atomic E-state index is -0.283. The number of allylic oxidation sites excluding steroid dienone is 4. The van der Waals surface area contributed by atoms with Crippen molar-refractivity contribution in [2.75, 3.05) is 0 Å². The molecule has 4 heteroatoms. The monoisotopic (exact) mass is 686 g/mol. The Morgan fingerprint density at radius 1 is 1.31 bits per heavy atom. The maximum Gasteiger partial charge on any atom is -0.107 e. The summed E-state index contributed by atoms with van der Waals surface area (Å²) in [6.07, 6.45) is 11.0. The summed E-state index contributed by atoms with van der Waals surface area (Å²) in [6.45, 7) is 2.28. The van der Waals surface area contributed by atoms with Crippen LogP contribution in [-0.2, 0) is 22.9 Å². The number of hydrogen-bond donors (Lipinski definition) is 0. The van der Waals surface area contributed by atoms with E-state index >= 15 is 0 Å². The van der Waals surface area contributed by atoms with Gasteiger partial charge >= 0.3 is 74.8 Å². The van der Waals surface area contributed by atoms with Crippen molar-refractivity contribution in [2.24, 2.45) is 0 Å². The molecule has 0 saturated heterocycles. The molecule has 0 saturated carbocycles. The van der Waals surface area contributed by atoms with Crippen LogP contribution in [0.25, 0.3) is 0 Å². The standard InChI is InChI=1S/C5H5.C4H9.Hf.3HI/c1-2-4-5-3-1;1-3-4-2;;;;/h1-3H,4H2;1,3-4H2,2H3;;3*1H. The van der Waals surface area contributed by atoms with Gasteiger partial charge in [-0.1, -0.05) is 0 Å². The average Bonchev–Trinajstić information content (AvgIpc) is 2.41. The summed E-state index contributed by atoms with van der Waals surface area (Å²) in [5, 5.41) is 0. The third-order valence-electron chi connectivity index (χ3n) is 1.65. The van der Waals surface area contributed by atoms with Gasteiger partial charge in [-0.25, -0.2) is 0 Å². The maximum absolute atomic E-state index is 2.35. The Hall–Kier alpha value is 2.54. The molecule has 0 unspecified atom stereocenters. The van der Waals surface area contributed by atoms with Crippen LogP contribution in [0.15, 0.2) is 21.6 Å². The summed E-state index contributed by atoms with van der Waals surface area (Å²) < 4.78 is 3.39. The van der Waals surface area contributed by atoms with Gasteiger partial charge in [0, 0.05) is 0 Å². The van der Waals surface area contributed by atoms with Gasteiger partial charge in [0.25, 0.3) is 0 Å². The zero-order valence-corrected chi connectivity index (χ0v) is 18.4. The predicted molar refractivity (Wildman–Crippen MR) is 87.8 cm³/mol. The Labute approximate surface area is 144 Å². The third-order valence-corrected chi connectivity index (χ3v) is 6.79. The average molecular weight is 684 g/mol. The molecule has 0 aromatic heterocycles. The van der Waals surface area contributed by atoms with E-state index in [1.807, 2.05) is 3.33 Å². The quantitative estimate of drug-likeness (QED) is 0.223. The molecule has 0 atom stereocenters. The van der Waals surface area contributed by atoms with E-state index in [0.717, 1.165) is 0 Å². The summed E-state index contributed by atoms with van der Waals surface area (Å²) >= 11 is -0.283. The van der Waals surface area contributed by atoms with E-state index in [-0.39, 0.29) is 94.8 Å². The van der Waals surface area contributed by atoms with Crippen molar-refractivity contribution < 1.29 is 22.9 Å². The van der Waals surface area contributed by atoms with Crippen LogP contribution in [0.3, 0.4) is 0 Å². The number of halogens is 3. The van der Waals surface area contributed by atoms with Gasteiger partial charge in [-0.2, -0.15) is 0 Å². The van der Waals surface area contributed by atoms with Gasteiger partial charge in [0.15, 0.2) is 0 Å². The first-order chi connectivity index (χ1) is 4.93. The van der Waals surface area contributed by atoms with Crippen LogP contribution in [0, 0.1) is 0 Å². The van der Waals surface area contributed by atoms with Gasteiger partial charge in [0.05, 0.1) is 0 Å². The maximum atomic E-state index is 2.35. The molecule has 0 nitrogen and oxygen atoms in total. The van der Waals surface area contributed by atoms with Crippen molar-refractivity contribution in [3.63, 3.8) is 0 Å². The number of rotatable bonds is 4. The van der Waals surface area contributed by atoms with E-state index < -0.39 is 0 Å². The molecule has 0 heterocycles. The largest absolute Gasteiger partial charge is 0.107 e. The van der Waals surface area contributed by atoms with Crippen molar-refractivity contribution in [2.45, 2.75) is 30.4 Å². The summed E-state index contributed by atoms with van der Waals surface area (Å²) in [5.41, 5.74) is 0. The first kappa shape index (κ1) is 20.9. The fourth-order valence-electron chi connectivity index (χ4n) is 1.00. The van der Waals surface area contributed by atoms with Crippen molar-refractivity contribution in [3.05, 3.63) is 21.6 Å². The van der Waals surface area contributed by atoms with E-state index in [1.54, 1.807) is 4.18 Å². The zero-order valence-electron chi connectivity index (χ0n) is 7.79. The Bertz CT molecular complexity index is 155. The van der Waals surface area contributed by atoms with Gasteiger partial charge in [-0.3, -0.25) is 0 Å². The van der Waals surface area contributed by atoms with Crippen LogP contribution in [0.5, 0.6) is 0 Å². The van der Waals surface area contributed by atoms with Crippen LogP contribution in [0.1, 0.15) is 26.2 Å². The van der Waals surface area contributed by atoms with Gasteiger partial charge in [0.2, 0.25) is 0 Å². The molecule has 0 amide bonds. The number of unbranched alkanes of at least 4 members (excludes halogenated alkanes) is 1. The molecule has 13 heavy (non-hydrogen) atoms. The molecule has 0 radical (unpaired) electrons. The molecule has 0 aliphatic heterocycles. The first-order valence-corrected chi connectivity index (χ1v) is 8.36. The Morgan fingerprint density at radius 2 is 2.00 bits per heavy atom. The molecule has 1 aliphatic rings. The van der Waals surface area contributed by atoms with Crippen LogP contribution in [-0.4, -0.2) is 0 Å². The van der Waals surface area contributed by atoms with Gasteiger partial charge in [0.1, 0.15) is 0 Å². The normalized spacial score (nSPS) is 11.9. The van der Waals surface area contributed by atoms with Gasteiger partial charge in [-0.15, -0.1) is 71.9 Å². The van der Waals surface area contributed by atoms with Crippen molar-refractivity contribution in [1.82, 2.24) is 0 Å². The second-order valence-electron chi connectivity index (χ2n) is 2.60. The van der Waals surface area contributed by atoms with E-state index in [9.17, 15) is 0 Å². The summed E-state index contributed by atoms with van der Waals surface area (Å²) in [4.78, 5) is 0. The summed E-state index contributed by atoms with van der Waals surface area (Å²) in [7, 11) is 0. The smallest absolute Gasteiger partial charge is 0.107 e. The Morgan fingerprint density at radius 3 is 2.46 bits per heavy atom. The van der Waals surface area contributed by atoms with Gasteiger partial charge in [-0.05, 0) is 0 Å². The second-order valence-corrected chi connectivity index (χ2v) is 7.98. The molecule has 1 aliphatic carbocycles. The first-order valence-electron chi connectivity index (χ1n) is 4.03. The minimum Gasteiger partial charge on any atom is -0.107 e. The van der Waals surface area contributed by atoms with E-state index in [2.05, 4.69) is 25.2 Å². The molecule has 0 fully saturated rings. The van der Waals surface area contributed by atoms with Crippen LogP contribution >= 0.6 is 71.9 Å².